The van der Waals surface area contributed by atoms with Gasteiger partial charge in [-0.15, -0.1) is 0 Å². The third kappa shape index (κ3) is 5.33. The number of para-hydroxylation sites is 1. The van der Waals surface area contributed by atoms with Gasteiger partial charge >= 0.3 is 5.97 Å². The summed E-state index contributed by atoms with van der Waals surface area (Å²) in [5.41, 5.74) is 1.66. The zero-order chi connectivity index (χ0) is 19.8. The van der Waals surface area contributed by atoms with Gasteiger partial charge in [0, 0.05) is 37.4 Å². The molecule has 0 saturated carbocycles. The number of benzene rings is 2. The Bertz CT molecular complexity index is 799. The van der Waals surface area contributed by atoms with E-state index < -0.39 is 5.97 Å². The number of nitrogens with zero attached hydrogens (tertiary/aromatic N) is 2. The van der Waals surface area contributed by atoms with Crippen LogP contribution in [0.15, 0.2) is 54.6 Å². The molecular weight excluding hydrogens is 360 g/mol. The van der Waals surface area contributed by atoms with E-state index in [1.165, 1.54) is 0 Å². The second-order valence-electron chi connectivity index (χ2n) is 6.34. The zero-order valence-electron chi connectivity index (χ0n) is 15.5. The lowest BCUT2D eigenvalue weighted by molar-refractivity contribution is -0.153. The number of esters is 1. The van der Waals surface area contributed by atoms with Crippen molar-refractivity contribution < 1.29 is 23.9 Å². The quantitative estimate of drug-likeness (QED) is 0.537. The van der Waals surface area contributed by atoms with Gasteiger partial charge in [0.15, 0.2) is 13.2 Å². The van der Waals surface area contributed by atoms with Crippen molar-refractivity contribution in [3.8, 4) is 5.75 Å². The van der Waals surface area contributed by atoms with Gasteiger partial charge in [-0.2, -0.15) is 0 Å². The lowest BCUT2D eigenvalue weighted by Crippen LogP contribution is -2.50. The molecule has 1 aliphatic rings. The van der Waals surface area contributed by atoms with Crippen LogP contribution >= 0.6 is 0 Å². The normalized spacial score (nSPS) is 13.7. The van der Waals surface area contributed by atoms with Crippen LogP contribution in [0.5, 0.6) is 5.75 Å². The van der Waals surface area contributed by atoms with E-state index in [1.54, 1.807) is 29.2 Å². The third-order valence-electron chi connectivity index (χ3n) is 4.48. The molecule has 7 heteroatoms. The van der Waals surface area contributed by atoms with Gasteiger partial charge in [0.25, 0.3) is 5.91 Å². The van der Waals surface area contributed by atoms with Gasteiger partial charge in [0.2, 0.25) is 0 Å². The molecule has 0 aliphatic carbocycles. The van der Waals surface area contributed by atoms with Gasteiger partial charge in [-0.05, 0) is 36.4 Å². The van der Waals surface area contributed by atoms with Crippen molar-refractivity contribution in [3.05, 3.63) is 60.2 Å². The second kappa shape index (κ2) is 9.55. The highest BCUT2D eigenvalue weighted by molar-refractivity contribution is 5.81. The summed E-state index contributed by atoms with van der Waals surface area (Å²) in [5, 5.41) is 0. The Labute approximate surface area is 163 Å². The zero-order valence-corrected chi connectivity index (χ0v) is 15.5. The number of aldehydes is 1. The summed E-state index contributed by atoms with van der Waals surface area (Å²) in [5.74, 6) is -0.377. The van der Waals surface area contributed by atoms with Crippen molar-refractivity contribution in [1.82, 2.24) is 4.90 Å². The molecule has 146 valence electrons. The third-order valence-corrected chi connectivity index (χ3v) is 4.48. The van der Waals surface area contributed by atoms with E-state index in [2.05, 4.69) is 4.90 Å². The fraction of sp³-hybridized carbons (Fsp3) is 0.286. The maximum atomic E-state index is 12.2. The molecule has 1 saturated heterocycles. The molecule has 0 spiro atoms. The molecule has 1 aliphatic heterocycles. The van der Waals surface area contributed by atoms with Crippen LogP contribution in [0.2, 0.25) is 0 Å². The predicted octanol–water partition coefficient (Wildman–Crippen LogP) is 1.77. The summed E-state index contributed by atoms with van der Waals surface area (Å²) in [6.07, 6.45) is 0.726. The van der Waals surface area contributed by atoms with Crippen LogP contribution < -0.4 is 9.64 Å². The summed E-state index contributed by atoms with van der Waals surface area (Å²) in [7, 11) is 0. The summed E-state index contributed by atoms with van der Waals surface area (Å²) in [4.78, 5) is 38.6. The van der Waals surface area contributed by atoms with E-state index in [-0.39, 0.29) is 19.1 Å². The first-order valence-corrected chi connectivity index (χ1v) is 9.07. The maximum absolute atomic E-state index is 12.2. The van der Waals surface area contributed by atoms with Crippen molar-refractivity contribution in [1.29, 1.82) is 0 Å². The Balaban J connectivity index is 1.37. The number of rotatable bonds is 7. The number of carbonyl (C=O) groups excluding carboxylic acids is 3. The van der Waals surface area contributed by atoms with Crippen LogP contribution in [-0.4, -0.2) is 62.5 Å². The first-order chi connectivity index (χ1) is 13.7. The largest absolute Gasteiger partial charge is 0.482 e. The first-order valence-electron chi connectivity index (χ1n) is 9.07. The van der Waals surface area contributed by atoms with E-state index in [0.717, 1.165) is 25.1 Å². The molecule has 0 aromatic heterocycles. The monoisotopic (exact) mass is 382 g/mol. The van der Waals surface area contributed by atoms with Crippen LogP contribution in [-0.2, 0) is 14.3 Å². The SMILES string of the molecule is O=Cc1ccc(OCC(=O)OCC(=O)N2CCN(c3ccccc3)CC2)cc1. The molecule has 7 nitrogen and oxygen atoms in total. The number of carbonyl (C=O) groups is 3. The van der Waals surface area contributed by atoms with Gasteiger partial charge in [0.1, 0.15) is 12.0 Å². The number of piperazine rings is 1. The molecule has 0 unspecified atom stereocenters. The van der Waals surface area contributed by atoms with E-state index >= 15 is 0 Å². The minimum absolute atomic E-state index is 0.212. The van der Waals surface area contributed by atoms with Crippen LogP contribution in [0.3, 0.4) is 0 Å². The first kappa shape index (κ1) is 19.4. The average Bonchev–Trinajstić information content (AvgIpc) is 2.77. The van der Waals surface area contributed by atoms with E-state index in [4.69, 9.17) is 9.47 Å². The standard InChI is InChI=1S/C21H22N2O5/c24-14-17-6-8-19(9-7-17)27-16-21(26)28-15-20(25)23-12-10-22(11-13-23)18-4-2-1-3-5-18/h1-9,14H,10-13,15-16H2. The molecule has 3 rings (SSSR count). The number of hydrogen-bond acceptors (Lipinski definition) is 6. The van der Waals surface area contributed by atoms with Crippen molar-refractivity contribution >= 4 is 23.9 Å². The number of hydrogen-bond donors (Lipinski definition) is 0. The Kier molecular flexibility index (Phi) is 6.62. The lowest BCUT2D eigenvalue weighted by Gasteiger charge is -2.36. The Morgan fingerprint density at radius 1 is 0.893 bits per heavy atom. The minimum Gasteiger partial charge on any atom is -0.482 e. The number of amides is 1. The molecule has 0 N–H and O–H groups in total. The summed E-state index contributed by atoms with van der Waals surface area (Å²) >= 11 is 0. The fourth-order valence-corrected chi connectivity index (χ4v) is 2.91. The number of anilines is 1. The van der Waals surface area contributed by atoms with E-state index in [9.17, 15) is 14.4 Å². The molecule has 0 atom stereocenters. The highest BCUT2D eigenvalue weighted by Crippen LogP contribution is 2.15. The lowest BCUT2D eigenvalue weighted by atomic mass is 10.2. The van der Waals surface area contributed by atoms with Crippen LogP contribution in [0.25, 0.3) is 0 Å². The Morgan fingerprint density at radius 2 is 1.57 bits per heavy atom. The molecule has 2 aromatic rings. The molecule has 1 fully saturated rings. The summed E-state index contributed by atoms with van der Waals surface area (Å²) < 4.78 is 10.3. The number of ether oxygens (including phenoxy) is 2. The van der Waals surface area contributed by atoms with E-state index in [0.29, 0.717) is 24.4 Å². The molecule has 2 aromatic carbocycles. The minimum atomic E-state index is -0.615. The topological polar surface area (TPSA) is 76.2 Å². The molecule has 1 amide bonds. The van der Waals surface area contributed by atoms with Crippen LogP contribution in [0, 0.1) is 0 Å². The smallest absolute Gasteiger partial charge is 0.344 e. The van der Waals surface area contributed by atoms with Crippen LogP contribution in [0.4, 0.5) is 5.69 Å². The Hall–Kier alpha value is -3.35. The van der Waals surface area contributed by atoms with Crippen molar-refractivity contribution in [3.63, 3.8) is 0 Å². The Morgan fingerprint density at radius 3 is 2.21 bits per heavy atom. The second-order valence-corrected chi connectivity index (χ2v) is 6.34. The fourth-order valence-electron chi connectivity index (χ4n) is 2.91. The average molecular weight is 382 g/mol. The molecular formula is C21H22N2O5. The van der Waals surface area contributed by atoms with Crippen molar-refractivity contribution in [2.24, 2.45) is 0 Å². The van der Waals surface area contributed by atoms with Gasteiger partial charge in [0.05, 0.1) is 0 Å². The molecule has 1 heterocycles. The van der Waals surface area contributed by atoms with Crippen LogP contribution in [0.1, 0.15) is 10.4 Å². The maximum Gasteiger partial charge on any atom is 0.344 e. The molecule has 28 heavy (non-hydrogen) atoms. The molecule has 0 radical (unpaired) electrons. The highest BCUT2D eigenvalue weighted by Gasteiger charge is 2.22. The van der Waals surface area contributed by atoms with Crippen molar-refractivity contribution in [2.75, 3.05) is 44.3 Å². The van der Waals surface area contributed by atoms with Gasteiger partial charge in [-0.3, -0.25) is 9.59 Å². The van der Waals surface area contributed by atoms with Gasteiger partial charge in [-0.1, -0.05) is 18.2 Å². The molecule has 0 bridgehead atoms. The predicted molar refractivity (Wildman–Crippen MR) is 104 cm³/mol. The van der Waals surface area contributed by atoms with Crippen molar-refractivity contribution in [2.45, 2.75) is 0 Å². The van der Waals surface area contributed by atoms with Gasteiger partial charge < -0.3 is 19.3 Å². The summed E-state index contributed by atoms with van der Waals surface area (Å²) in [6, 6.07) is 16.4. The highest BCUT2D eigenvalue weighted by atomic mass is 16.6. The van der Waals surface area contributed by atoms with E-state index in [1.807, 2.05) is 30.3 Å². The summed E-state index contributed by atoms with van der Waals surface area (Å²) in [6.45, 7) is 2.07. The van der Waals surface area contributed by atoms with Gasteiger partial charge in [-0.25, -0.2) is 4.79 Å².